The van der Waals surface area contributed by atoms with Crippen molar-refractivity contribution in [1.82, 2.24) is 16.0 Å². The van der Waals surface area contributed by atoms with Crippen LogP contribution in [0.1, 0.15) is 52.4 Å². The smallest absolute Gasteiger partial charge is 0.326 e. The molecule has 14 heteroatoms. The first-order valence-electron chi connectivity index (χ1n) is 12.1. The van der Waals surface area contributed by atoms with Crippen LogP contribution in [0, 0.1) is 5.92 Å². The van der Waals surface area contributed by atoms with Gasteiger partial charge in [-0.2, -0.15) is 11.8 Å². The Morgan fingerprint density at radius 1 is 0.889 bits per heavy atom. The number of hydrogen-bond donors (Lipinski definition) is 8. The molecule has 0 aliphatic carbocycles. The van der Waals surface area contributed by atoms with Crippen LogP contribution in [0.3, 0.4) is 0 Å². The number of aliphatic imine (C=N–C) groups is 1. The second kappa shape index (κ2) is 18.7. The lowest BCUT2D eigenvalue weighted by Gasteiger charge is -2.27. The monoisotopic (exact) mass is 532 g/mol. The third-order valence-electron chi connectivity index (χ3n) is 5.36. The van der Waals surface area contributed by atoms with Crippen molar-refractivity contribution in [3.05, 3.63) is 0 Å². The Morgan fingerprint density at radius 3 is 2.06 bits per heavy atom. The SMILES string of the molecule is CSCCC(NC(=O)C(N)CCCCN)C(=O)NC(C(=O)NC(CCCN=C(N)N)C(=O)O)C(C)C. The second-order valence-corrected chi connectivity index (χ2v) is 9.80. The third-order valence-corrected chi connectivity index (χ3v) is 6.00. The van der Waals surface area contributed by atoms with Crippen LogP contribution in [0.25, 0.3) is 0 Å². The first-order chi connectivity index (χ1) is 16.9. The number of aliphatic carboxylic acids is 1. The van der Waals surface area contributed by atoms with Gasteiger partial charge in [-0.1, -0.05) is 20.3 Å². The molecule has 36 heavy (non-hydrogen) atoms. The predicted octanol–water partition coefficient (Wildman–Crippen LogP) is -1.56. The van der Waals surface area contributed by atoms with Crippen molar-refractivity contribution in [3.8, 4) is 0 Å². The van der Waals surface area contributed by atoms with Gasteiger partial charge in [0.05, 0.1) is 6.04 Å². The fourth-order valence-electron chi connectivity index (χ4n) is 3.23. The van der Waals surface area contributed by atoms with Crippen LogP contribution >= 0.6 is 11.8 Å². The number of hydrogen-bond acceptors (Lipinski definition) is 8. The number of guanidine groups is 1. The largest absolute Gasteiger partial charge is 0.480 e. The topological polar surface area (TPSA) is 241 Å². The summed E-state index contributed by atoms with van der Waals surface area (Å²) >= 11 is 1.51. The molecule has 0 fully saturated rings. The number of carbonyl (C=O) groups is 4. The zero-order chi connectivity index (χ0) is 27.7. The van der Waals surface area contributed by atoms with Gasteiger partial charge in [-0.25, -0.2) is 4.79 Å². The summed E-state index contributed by atoms with van der Waals surface area (Å²) in [6.45, 7) is 4.17. The molecule has 0 spiro atoms. The van der Waals surface area contributed by atoms with Crippen LogP contribution in [0.2, 0.25) is 0 Å². The van der Waals surface area contributed by atoms with Gasteiger partial charge in [-0.05, 0) is 56.6 Å². The summed E-state index contributed by atoms with van der Waals surface area (Å²) in [5, 5.41) is 17.3. The maximum atomic E-state index is 13.1. The molecular formula is C22H44N8O5S. The normalized spacial score (nSPS) is 14.3. The summed E-state index contributed by atoms with van der Waals surface area (Å²) in [5.74, 6) is -2.70. The first kappa shape index (κ1) is 33.4. The van der Waals surface area contributed by atoms with Gasteiger partial charge in [-0.3, -0.25) is 19.4 Å². The lowest BCUT2D eigenvalue weighted by molar-refractivity contribution is -0.142. The van der Waals surface area contributed by atoms with Gasteiger partial charge in [0.25, 0.3) is 0 Å². The van der Waals surface area contributed by atoms with Crippen molar-refractivity contribution >= 4 is 41.4 Å². The Balaban J connectivity index is 5.28. The fourth-order valence-corrected chi connectivity index (χ4v) is 3.71. The molecule has 0 radical (unpaired) electrons. The molecule has 4 atom stereocenters. The maximum Gasteiger partial charge on any atom is 0.326 e. The Morgan fingerprint density at radius 2 is 1.53 bits per heavy atom. The van der Waals surface area contributed by atoms with Crippen LogP contribution in [-0.2, 0) is 19.2 Å². The van der Waals surface area contributed by atoms with E-state index >= 15 is 0 Å². The first-order valence-corrected chi connectivity index (χ1v) is 13.5. The van der Waals surface area contributed by atoms with Gasteiger partial charge in [-0.15, -0.1) is 0 Å². The molecule has 13 nitrogen and oxygen atoms in total. The molecular weight excluding hydrogens is 488 g/mol. The Bertz CT molecular complexity index is 733. The number of amides is 3. The average Bonchev–Trinajstić information content (AvgIpc) is 2.80. The number of carboxylic acid groups (broad SMARTS) is 1. The number of nitrogens with one attached hydrogen (secondary N) is 3. The summed E-state index contributed by atoms with van der Waals surface area (Å²) in [7, 11) is 0. The highest BCUT2D eigenvalue weighted by molar-refractivity contribution is 7.98. The molecule has 0 aliphatic heterocycles. The number of nitrogens with two attached hydrogens (primary N) is 4. The molecule has 0 rings (SSSR count). The predicted molar refractivity (Wildman–Crippen MR) is 142 cm³/mol. The Kier molecular flexibility index (Phi) is 17.3. The minimum Gasteiger partial charge on any atom is -0.480 e. The van der Waals surface area contributed by atoms with E-state index < -0.39 is 47.9 Å². The molecule has 0 saturated heterocycles. The molecule has 208 valence electrons. The minimum atomic E-state index is -1.21. The Labute approximate surface area is 217 Å². The quantitative estimate of drug-likeness (QED) is 0.0540. The van der Waals surface area contributed by atoms with Crippen molar-refractivity contribution in [2.75, 3.05) is 25.1 Å². The van der Waals surface area contributed by atoms with E-state index in [2.05, 4.69) is 20.9 Å². The summed E-state index contributed by atoms with van der Waals surface area (Å²) in [6.07, 6.45) is 4.53. The van der Waals surface area contributed by atoms with E-state index in [0.29, 0.717) is 38.0 Å². The van der Waals surface area contributed by atoms with E-state index in [1.807, 2.05) is 6.26 Å². The molecule has 12 N–H and O–H groups in total. The van der Waals surface area contributed by atoms with Crippen LogP contribution in [0.4, 0.5) is 0 Å². The van der Waals surface area contributed by atoms with Crippen molar-refractivity contribution in [1.29, 1.82) is 0 Å². The molecule has 0 aromatic rings. The molecule has 4 unspecified atom stereocenters. The van der Waals surface area contributed by atoms with E-state index in [0.717, 1.165) is 6.42 Å². The van der Waals surface area contributed by atoms with Crippen LogP contribution < -0.4 is 38.9 Å². The zero-order valence-electron chi connectivity index (χ0n) is 21.5. The average molecular weight is 533 g/mol. The highest BCUT2D eigenvalue weighted by Gasteiger charge is 2.31. The minimum absolute atomic E-state index is 0.102. The van der Waals surface area contributed by atoms with E-state index in [1.165, 1.54) is 11.8 Å². The van der Waals surface area contributed by atoms with Crippen LogP contribution in [0.5, 0.6) is 0 Å². The number of carbonyl (C=O) groups excluding carboxylic acids is 3. The van der Waals surface area contributed by atoms with Gasteiger partial charge in [0, 0.05) is 6.54 Å². The number of carboxylic acids is 1. The van der Waals surface area contributed by atoms with Crippen molar-refractivity contribution in [3.63, 3.8) is 0 Å². The number of nitrogens with zero attached hydrogens (tertiary/aromatic N) is 1. The van der Waals surface area contributed by atoms with Gasteiger partial charge in [0.2, 0.25) is 17.7 Å². The van der Waals surface area contributed by atoms with E-state index in [4.69, 9.17) is 22.9 Å². The zero-order valence-corrected chi connectivity index (χ0v) is 22.3. The van der Waals surface area contributed by atoms with Crippen molar-refractivity contribution in [2.45, 2.75) is 76.5 Å². The summed E-state index contributed by atoms with van der Waals surface area (Å²) in [4.78, 5) is 53.9. The van der Waals surface area contributed by atoms with Crippen LogP contribution in [-0.4, -0.2) is 84.0 Å². The lowest BCUT2D eigenvalue weighted by atomic mass is 10.0. The Hall–Kier alpha value is -2.58. The number of rotatable bonds is 19. The molecule has 0 heterocycles. The molecule has 0 saturated carbocycles. The fraction of sp³-hybridized carbons (Fsp3) is 0.773. The molecule has 0 aliphatic rings. The van der Waals surface area contributed by atoms with Gasteiger partial charge in [0.15, 0.2) is 5.96 Å². The lowest BCUT2D eigenvalue weighted by Crippen LogP contribution is -2.58. The molecule has 0 aromatic carbocycles. The third kappa shape index (κ3) is 14.1. The van der Waals surface area contributed by atoms with Gasteiger partial charge >= 0.3 is 5.97 Å². The number of unbranched alkanes of at least 4 members (excludes halogenated alkanes) is 1. The molecule has 0 bridgehead atoms. The van der Waals surface area contributed by atoms with Crippen molar-refractivity contribution < 1.29 is 24.3 Å². The van der Waals surface area contributed by atoms with E-state index in [1.54, 1.807) is 13.8 Å². The summed E-state index contributed by atoms with van der Waals surface area (Å²) < 4.78 is 0. The van der Waals surface area contributed by atoms with E-state index in [-0.39, 0.29) is 24.8 Å². The standard InChI is InChI=1S/C22H44N8O5S/c1-13(2)17(20(33)29-16(21(34)35)8-6-11-27-22(25)26)30-19(32)15(9-12-36-3)28-18(31)14(24)7-4-5-10-23/h13-17H,4-12,23-24H2,1-3H3,(H,28,31)(H,29,33)(H,30,32)(H,34,35)(H4,25,26,27). The van der Waals surface area contributed by atoms with E-state index in [9.17, 15) is 24.3 Å². The molecule has 0 aromatic heterocycles. The highest BCUT2D eigenvalue weighted by Crippen LogP contribution is 2.08. The summed E-state index contributed by atoms with van der Waals surface area (Å²) in [5.41, 5.74) is 21.9. The van der Waals surface area contributed by atoms with Gasteiger partial charge in [0.1, 0.15) is 18.1 Å². The number of thioether (sulfide) groups is 1. The summed E-state index contributed by atoms with van der Waals surface area (Å²) in [6, 6.07) is -3.86. The van der Waals surface area contributed by atoms with Gasteiger partial charge < -0.3 is 44.0 Å². The molecule has 3 amide bonds. The highest BCUT2D eigenvalue weighted by atomic mass is 32.2. The maximum absolute atomic E-state index is 13.1. The van der Waals surface area contributed by atoms with Crippen LogP contribution in [0.15, 0.2) is 4.99 Å². The second-order valence-electron chi connectivity index (χ2n) is 8.81. The van der Waals surface area contributed by atoms with Crippen molar-refractivity contribution in [2.24, 2.45) is 33.8 Å².